The highest BCUT2D eigenvalue weighted by Gasteiger charge is 2.63. The zero-order chi connectivity index (χ0) is 17.8. The second-order valence-corrected chi connectivity index (χ2v) is 7.23. The minimum atomic E-state index is -4.46. The molecule has 2 saturated heterocycles. The van der Waals surface area contributed by atoms with Crippen molar-refractivity contribution in [3.8, 4) is 0 Å². The average molecular weight is 348 g/mol. The number of likely N-dealkylation sites (tertiary alicyclic amines) is 1. The lowest BCUT2D eigenvalue weighted by Crippen LogP contribution is -2.59. The number of hydrogen-bond donors (Lipinski definition) is 1. The molecule has 0 aliphatic carbocycles. The maximum atomic E-state index is 13.4. The first-order valence-corrected chi connectivity index (χ1v) is 7.57. The van der Waals surface area contributed by atoms with Crippen molar-refractivity contribution in [3.63, 3.8) is 0 Å². The van der Waals surface area contributed by atoms with Crippen LogP contribution in [0.1, 0.15) is 38.1 Å². The summed E-state index contributed by atoms with van der Waals surface area (Å²) in [5.41, 5.74) is -2.52. The van der Waals surface area contributed by atoms with Crippen LogP contribution in [0.25, 0.3) is 0 Å². The van der Waals surface area contributed by atoms with Crippen LogP contribution in [0, 0.1) is 0 Å². The second kappa shape index (κ2) is 5.33. The number of carbonyl (C=O) groups is 1. The second-order valence-electron chi connectivity index (χ2n) is 7.23. The highest BCUT2D eigenvalue weighted by atomic mass is 19.4. The number of ether oxygens (including phenoxy) is 2. The van der Waals surface area contributed by atoms with Crippen LogP contribution in [0.15, 0.2) is 0 Å². The molecule has 0 aromatic carbocycles. The van der Waals surface area contributed by atoms with E-state index in [1.807, 2.05) is 0 Å². The molecular weight excluding hydrogens is 329 g/mol. The molecule has 7 nitrogen and oxygen atoms in total. The Labute approximate surface area is 136 Å². The van der Waals surface area contributed by atoms with Crippen molar-refractivity contribution in [2.45, 2.75) is 43.9 Å². The maximum Gasteiger partial charge on any atom is 0.410 e. The summed E-state index contributed by atoms with van der Waals surface area (Å²) in [6, 6.07) is 0. The quantitative estimate of drug-likeness (QED) is 0.884. The summed E-state index contributed by atoms with van der Waals surface area (Å²) in [5.74, 6) is -0.300. The average Bonchev–Trinajstić information content (AvgIpc) is 2.70. The molecule has 0 spiro atoms. The topological polar surface area (TPSA) is 80.3 Å². The third-order valence-corrected chi connectivity index (χ3v) is 4.21. The molecule has 1 aromatic rings. The van der Waals surface area contributed by atoms with Crippen LogP contribution >= 0.6 is 0 Å². The zero-order valence-electron chi connectivity index (χ0n) is 13.6. The van der Waals surface area contributed by atoms with E-state index in [2.05, 4.69) is 15.4 Å². The van der Waals surface area contributed by atoms with E-state index in [0.717, 1.165) is 0 Å². The molecule has 1 N–H and O–H groups in total. The molecule has 24 heavy (non-hydrogen) atoms. The van der Waals surface area contributed by atoms with E-state index in [-0.39, 0.29) is 30.4 Å². The number of aromatic nitrogens is 3. The van der Waals surface area contributed by atoms with Crippen molar-refractivity contribution in [2.24, 2.45) is 0 Å². The first-order valence-electron chi connectivity index (χ1n) is 7.57. The molecule has 2 aliphatic heterocycles. The molecule has 0 atom stereocenters. The summed E-state index contributed by atoms with van der Waals surface area (Å²) in [4.78, 5) is 13.4. The van der Waals surface area contributed by atoms with Gasteiger partial charge in [-0.3, -0.25) is 5.10 Å². The lowest BCUT2D eigenvalue weighted by molar-refractivity contribution is -0.263. The van der Waals surface area contributed by atoms with Crippen LogP contribution in [0.5, 0.6) is 0 Å². The lowest BCUT2D eigenvalue weighted by Gasteiger charge is -2.44. The number of nitrogens with zero attached hydrogens (tertiary/aromatic N) is 3. The van der Waals surface area contributed by atoms with E-state index in [1.54, 1.807) is 20.8 Å². The Kier molecular flexibility index (Phi) is 3.78. The van der Waals surface area contributed by atoms with E-state index in [9.17, 15) is 18.0 Å². The number of rotatable bonds is 2. The predicted molar refractivity (Wildman–Crippen MR) is 75.5 cm³/mol. The molecule has 0 unspecified atom stereocenters. The molecule has 0 saturated carbocycles. The first kappa shape index (κ1) is 17.0. The molecule has 0 radical (unpaired) electrons. The first-order chi connectivity index (χ1) is 11.0. The molecule has 10 heteroatoms. The molecule has 134 valence electrons. The molecule has 2 aliphatic rings. The number of aromatic amines is 1. The SMILES string of the molecule is CC(C)(C)OC(=O)N1CC(c2nn[nH]c2C2(C(F)(F)F)COC2)C1. The Morgan fingerprint density at radius 1 is 1.33 bits per heavy atom. The molecule has 1 aromatic heterocycles. The minimum absolute atomic E-state index is 0.0601. The van der Waals surface area contributed by atoms with Crippen LogP contribution in [-0.4, -0.2) is 64.5 Å². The van der Waals surface area contributed by atoms with Gasteiger partial charge in [-0.2, -0.15) is 13.2 Å². The molecule has 3 heterocycles. The summed E-state index contributed by atoms with van der Waals surface area (Å²) < 4.78 is 50.3. The van der Waals surface area contributed by atoms with Crippen molar-refractivity contribution in [1.82, 2.24) is 20.3 Å². The fourth-order valence-electron chi connectivity index (χ4n) is 2.76. The number of halogens is 3. The molecule has 1 amide bonds. The van der Waals surface area contributed by atoms with Gasteiger partial charge in [0.15, 0.2) is 5.41 Å². The molecule has 3 rings (SSSR count). The number of hydrogen-bond acceptors (Lipinski definition) is 5. The van der Waals surface area contributed by atoms with Gasteiger partial charge < -0.3 is 14.4 Å². The maximum absolute atomic E-state index is 13.4. The van der Waals surface area contributed by atoms with Crippen LogP contribution in [0.2, 0.25) is 0 Å². The highest BCUT2D eigenvalue weighted by molar-refractivity contribution is 5.69. The monoisotopic (exact) mass is 348 g/mol. The zero-order valence-corrected chi connectivity index (χ0v) is 13.6. The van der Waals surface area contributed by atoms with Gasteiger partial charge in [0.05, 0.1) is 24.6 Å². The van der Waals surface area contributed by atoms with Gasteiger partial charge in [0.25, 0.3) is 0 Å². The Hall–Kier alpha value is -1.84. The highest BCUT2D eigenvalue weighted by Crippen LogP contribution is 2.48. The summed E-state index contributed by atoms with van der Waals surface area (Å²) in [7, 11) is 0. The fraction of sp³-hybridized carbons (Fsp3) is 0.786. The number of alkyl halides is 3. The van der Waals surface area contributed by atoms with E-state index >= 15 is 0 Å². The van der Waals surface area contributed by atoms with Gasteiger partial charge in [-0.15, -0.1) is 5.10 Å². The van der Waals surface area contributed by atoms with Gasteiger partial charge in [-0.1, -0.05) is 5.21 Å². The third-order valence-electron chi connectivity index (χ3n) is 4.21. The minimum Gasteiger partial charge on any atom is -0.444 e. The number of amides is 1. The van der Waals surface area contributed by atoms with Gasteiger partial charge >= 0.3 is 12.3 Å². The number of carbonyl (C=O) groups excluding carboxylic acids is 1. The largest absolute Gasteiger partial charge is 0.444 e. The van der Waals surface area contributed by atoms with Gasteiger partial charge in [0.2, 0.25) is 0 Å². The van der Waals surface area contributed by atoms with Crippen LogP contribution < -0.4 is 0 Å². The summed E-state index contributed by atoms with van der Waals surface area (Å²) in [6.07, 6.45) is -4.94. The third kappa shape index (κ3) is 2.72. The van der Waals surface area contributed by atoms with Crippen LogP contribution in [0.3, 0.4) is 0 Å². The van der Waals surface area contributed by atoms with Crippen molar-refractivity contribution in [3.05, 3.63) is 11.4 Å². The Balaban J connectivity index is 1.71. The Morgan fingerprint density at radius 2 is 1.96 bits per heavy atom. The normalized spacial score (nSPS) is 21.2. The number of H-pyrrole nitrogens is 1. The van der Waals surface area contributed by atoms with Gasteiger partial charge in [0.1, 0.15) is 5.60 Å². The number of nitrogens with one attached hydrogen (secondary N) is 1. The lowest BCUT2D eigenvalue weighted by atomic mass is 9.78. The summed E-state index contributed by atoms with van der Waals surface area (Å²) >= 11 is 0. The smallest absolute Gasteiger partial charge is 0.410 e. The van der Waals surface area contributed by atoms with E-state index < -0.39 is 36.5 Å². The Morgan fingerprint density at radius 3 is 2.42 bits per heavy atom. The summed E-state index contributed by atoms with van der Waals surface area (Å²) in [5, 5.41) is 9.77. The van der Waals surface area contributed by atoms with Crippen LogP contribution in [0.4, 0.5) is 18.0 Å². The van der Waals surface area contributed by atoms with Gasteiger partial charge in [0, 0.05) is 19.0 Å². The predicted octanol–water partition coefficient (Wildman–Crippen LogP) is 1.97. The fourth-order valence-corrected chi connectivity index (χ4v) is 2.76. The van der Waals surface area contributed by atoms with Crippen molar-refractivity contribution < 1.29 is 27.4 Å². The van der Waals surface area contributed by atoms with Gasteiger partial charge in [-0.05, 0) is 20.8 Å². The Bertz CT molecular complexity index is 628. The van der Waals surface area contributed by atoms with E-state index in [1.165, 1.54) is 4.90 Å². The standard InChI is InChI=1S/C14H19F3N4O3/c1-12(2,3)24-11(22)21-4-8(5-21)9-10(19-20-18-9)13(6-23-7-13)14(15,16)17/h8H,4-7H2,1-3H3,(H,18,19,20). The molecular formula is C14H19F3N4O3. The summed E-state index contributed by atoms with van der Waals surface area (Å²) in [6.45, 7) is 4.86. The molecule has 0 bridgehead atoms. The van der Waals surface area contributed by atoms with Crippen molar-refractivity contribution in [1.29, 1.82) is 0 Å². The van der Waals surface area contributed by atoms with Crippen molar-refractivity contribution in [2.75, 3.05) is 26.3 Å². The van der Waals surface area contributed by atoms with E-state index in [0.29, 0.717) is 0 Å². The van der Waals surface area contributed by atoms with Crippen molar-refractivity contribution >= 4 is 6.09 Å². The van der Waals surface area contributed by atoms with Crippen LogP contribution in [-0.2, 0) is 14.9 Å². The van der Waals surface area contributed by atoms with Gasteiger partial charge in [-0.25, -0.2) is 4.79 Å². The van der Waals surface area contributed by atoms with E-state index in [4.69, 9.17) is 9.47 Å². The molecule has 2 fully saturated rings.